The van der Waals surface area contributed by atoms with E-state index in [9.17, 15) is 60.1 Å². The molecule has 0 radical (unpaired) electrons. The average Bonchev–Trinajstić information content (AvgIpc) is 3.06. The molecule has 1 aliphatic carbocycles. The van der Waals surface area contributed by atoms with Crippen molar-refractivity contribution < 1.29 is 111 Å². The second-order valence-electron chi connectivity index (χ2n) is 9.70. The van der Waals surface area contributed by atoms with E-state index in [2.05, 4.69) is 9.47 Å². The number of halogens is 14. The van der Waals surface area contributed by atoms with Gasteiger partial charge >= 0.3 is 29.7 Å². The molecule has 0 amide bonds. The Morgan fingerprint density at radius 1 is 0.481 bits per heavy atom. The van der Waals surface area contributed by atoms with Gasteiger partial charge in [0.2, 0.25) is 23.6 Å². The van der Waals surface area contributed by atoms with Crippen LogP contribution in [0, 0.1) is 64.0 Å². The fourth-order valence-corrected chi connectivity index (χ4v) is 4.54. The number of allylic oxidation sites excluding steroid dienone is 2. The maximum Gasteiger partial charge on any atom is 0.344 e. The van der Waals surface area contributed by atoms with E-state index in [0.29, 0.717) is 0 Å². The van der Waals surface area contributed by atoms with Crippen molar-refractivity contribution in [3.8, 4) is 11.5 Å². The van der Waals surface area contributed by atoms with Crippen LogP contribution in [0.25, 0.3) is 5.57 Å². The molecule has 4 rings (SSSR count). The van der Waals surface area contributed by atoms with Crippen molar-refractivity contribution in [2.24, 2.45) is 0 Å². The highest BCUT2D eigenvalue weighted by Crippen LogP contribution is 2.48. The van der Waals surface area contributed by atoms with Crippen LogP contribution in [-0.2, 0) is 0 Å². The highest BCUT2D eigenvalue weighted by Gasteiger charge is 2.58. The summed E-state index contributed by atoms with van der Waals surface area (Å²) >= 11 is 0. The van der Waals surface area contributed by atoms with Gasteiger partial charge in [-0.2, -0.15) is 8.78 Å². The van der Waals surface area contributed by atoms with E-state index < -0.39 is 162 Å². The molecule has 1 atom stereocenters. The van der Waals surface area contributed by atoms with Crippen molar-refractivity contribution in [3.05, 3.63) is 110 Å². The SMILES string of the molecule is O=C(O)c1c(F)c(F)c(OC2(Oc3c(F)c(F)c(C(=O)O)c(C(=O)O)c3F)C(F)=CC(c3c(F)c(F)c(F)c(F)c3F)=C(F)C2F)c(F)c1C(=O)O. The monoisotopic (exact) mass is 768 g/mol. The van der Waals surface area contributed by atoms with Crippen LogP contribution in [0.3, 0.4) is 0 Å². The van der Waals surface area contributed by atoms with Gasteiger partial charge in [-0.3, -0.25) is 0 Å². The Labute approximate surface area is 273 Å². The van der Waals surface area contributed by atoms with Gasteiger partial charge in [0, 0.05) is 5.57 Å². The van der Waals surface area contributed by atoms with Gasteiger partial charge in [-0.05, 0) is 6.08 Å². The second kappa shape index (κ2) is 13.1. The first-order valence-corrected chi connectivity index (χ1v) is 12.6. The lowest BCUT2D eigenvalue weighted by atomic mass is 9.91. The zero-order valence-electron chi connectivity index (χ0n) is 23.7. The number of carbonyl (C=O) groups is 4. The van der Waals surface area contributed by atoms with Gasteiger partial charge in [-0.15, -0.1) is 0 Å². The Kier molecular flexibility index (Phi) is 9.66. The zero-order chi connectivity index (χ0) is 39.6. The van der Waals surface area contributed by atoms with Crippen molar-refractivity contribution in [2.75, 3.05) is 0 Å². The Bertz CT molecular complexity index is 2110. The van der Waals surface area contributed by atoms with Gasteiger partial charge in [-0.25, -0.2) is 71.9 Å². The molecule has 4 N–H and O–H groups in total. The third-order valence-electron chi connectivity index (χ3n) is 6.82. The summed E-state index contributed by atoms with van der Waals surface area (Å²) in [6, 6.07) is 0. The molecular formula is C28H6F14O10. The number of rotatable bonds is 9. The van der Waals surface area contributed by atoms with Crippen LogP contribution in [0.5, 0.6) is 11.5 Å². The van der Waals surface area contributed by atoms with E-state index in [1.54, 1.807) is 0 Å². The maximum absolute atomic E-state index is 16.1. The summed E-state index contributed by atoms with van der Waals surface area (Å²) in [6.07, 6.45) is -5.65. The van der Waals surface area contributed by atoms with Crippen LogP contribution >= 0.6 is 0 Å². The summed E-state index contributed by atoms with van der Waals surface area (Å²) in [4.78, 5) is 45.8. The largest absolute Gasteiger partial charge is 0.478 e. The smallest absolute Gasteiger partial charge is 0.344 e. The van der Waals surface area contributed by atoms with Gasteiger partial charge < -0.3 is 29.9 Å². The molecule has 0 aliphatic heterocycles. The lowest BCUT2D eigenvalue weighted by molar-refractivity contribution is -0.147. The van der Waals surface area contributed by atoms with Gasteiger partial charge in [0.1, 0.15) is 22.3 Å². The molecule has 0 saturated carbocycles. The quantitative estimate of drug-likeness (QED) is 0.0792. The first kappa shape index (κ1) is 38.4. The minimum Gasteiger partial charge on any atom is -0.478 e. The molecular weight excluding hydrogens is 762 g/mol. The second-order valence-corrected chi connectivity index (χ2v) is 9.70. The fraction of sp³-hybridized carbons (Fsp3) is 0.0714. The van der Waals surface area contributed by atoms with Crippen molar-refractivity contribution in [2.45, 2.75) is 12.0 Å². The molecule has 0 fully saturated rings. The van der Waals surface area contributed by atoms with Crippen LogP contribution in [0.4, 0.5) is 61.5 Å². The molecule has 0 saturated heterocycles. The summed E-state index contributed by atoms with van der Waals surface area (Å²) in [6.45, 7) is 0. The van der Waals surface area contributed by atoms with Gasteiger partial charge in [-0.1, -0.05) is 0 Å². The van der Waals surface area contributed by atoms with E-state index in [1.165, 1.54) is 0 Å². The number of aromatic carboxylic acids is 4. The average molecular weight is 768 g/mol. The van der Waals surface area contributed by atoms with Crippen molar-refractivity contribution in [3.63, 3.8) is 0 Å². The molecule has 0 spiro atoms. The fourth-order valence-electron chi connectivity index (χ4n) is 4.54. The summed E-state index contributed by atoms with van der Waals surface area (Å²) in [5.41, 5.74) is -14.6. The summed E-state index contributed by atoms with van der Waals surface area (Å²) in [7, 11) is 0. The van der Waals surface area contributed by atoms with E-state index in [0.717, 1.165) is 0 Å². The number of hydrogen-bond acceptors (Lipinski definition) is 6. The van der Waals surface area contributed by atoms with Crippen LogP contribution < -0.4 is 9.47 Å². The van der Waals surface area contributed by atoms with E-state index in [1.807, 2.05) is 0 Å². The first-order chi connectivity index (χ1) is 24.0. The zero-order valence-corrected chi connectivity index (χ0v) is 23.7. The van der Waals surface area contributed by atoms with Crippen LogP contribution in [-0.4, -0.2) is 56.3 Å². The molecule has 24 heteroatoms. The molecule has 1 unspecified atom stereocenters. The molecule has 276 valence electrons. The summed E-state index contributed by atoms with van der Waals surface area (Å²) in [5.74, 6) is -61.5. The number of benzene rings is 3. The molecule has 0 bridgehead atoms. The van der Waals surface area contributed by atoms with E-state index in [4.69, 9.17) is 10.2 Å². The number of ether oxygens (including phenoxy) is 2. The van der Waals surface area contributed by atoms with E-state index >= 15 is 30.7 Å². The van der Waals surface area contributed by atoms with Crippen molar-refractivity contribution in [1.29, 1.82) is 0 Å². The minimum atomic E-state index is -5.25. The minimum absolute atomic E-state index is 0.921. The molecule has 0 heterocycles. The Morgan fingerprint density at radius 2 is 0.788 bits per heavy atom. The summed E-state index contributed by atoms with van der Waals surface area (Å²) < 4.78 is 217. The number of carboxylic acid groups (broad SMARTS) is 4. The van der Waals surface area contributed by atoms with Crippen molar-refractivity contribution >= 4 is 29.5 Å². The van der Waals surface area contributed by atoms with Crippen LogP contribution in [0.1, 0.15) is 47.0 Å². The Balaban J connectivity index is 2.16. The van der Waals surface area contributed by atoms with E-state index in [-0.39, 0.29) is 0 Å². The first-order valence-electron chi connectivity index (χ1n) is 12.6. The standard InChI is InChI=1S/C28H6F14O10/c29-3-1-2(4-10(31)16(37)18(39)17(38)11(4)32)9(30)23(42)28(3,51-21-14(35)7(26(47)48)5(24(43)44)12(33)19(21)40)52-22-15(36)8(27(49)50)6(25(45)46)13(34)20(22)41/h1,23H,(H,43,44)(H,45,46)(H,47,48)(H,49,50). The van der Waals surface area contributed by atoms with Crippen LogP contribution in [0.15, 0.2) is 17.7 Å². The molecule has 0 aromatic heterocycles. The molecule has 52 heavy (non-hydrogen) atoms. The Hall–Kier alpha value is -6.36. The van der Waals surface area contributed by atoms with Crippen molar-refractivity contribution in [1.82, 2.24) is 0 Å². The van der Waals surface area contributed by atoms with Gasteiger partial charge in [0.05, 0.1) is 5.56 Å². The lowest BCUT2D eigenvalue weighted by Crippen LogP contribution is -2.54. The number of alkyl halides is 1. The topological polar surface area (TPSA) is 168 Å². The maximum atomic E-state index is 16.1. The predicted octanol–water partition coefficient (Wildman–Crippen LogP) is 6.75. The number of hydrogen-bond donors (Lipinski definition) is 4. The molecule has 3 aromatic carbocycles. The highest BCUT2D eigenvalue weighted by atomic mass is 19.2. The number of carboxylic acids is 4. The third-order valence-corrected chi connectivity index (χ3v) is 6.82. The summed E-state index contributed by atoms with van der Waals surface area (Å²) in [5, 5.41) is 36.5. The lowest BCUT2D eigenvalue weighted by Gasteiger charge is -2.38. The molecule has 10 nitrogen and oxygen atoms in total. The third kappa shape index (κ3) is 5.54. The van der Waals surface area contributed by atoms with Crippen LogP contribution in [0.2, 0.25) is 0 Å². The molecule has 1 aliphatic rings. The van der Waals surface area contributed by atoms with Gasteiger partial charge in [0.15, 0.2) is 69.7 Å². The normalized spacial score (nSPS) is 15.3. The molecule has 3 aromatic rings. The predicted molar refractivity (Wildman–Crippen MR) is 133 cm³/mol. The Morgan fingerprint density at radius 3 is 1.12 bits per heavy atom. The van der Waals surface area contributed by atoms with Gasteiger partial charge in [0.25, 0.3) is 0 Å². The highest BCUT2D eigenvalue weighted by molar-refractivity contribution is 6.03.